The van der Waals surface area contributed by atoms with E-state index in [2.05, 4.69) is 15.3 Å². The fourth-order valence-corrected chi connectivity index (χ4v) is 2.09. The molecule has 0 aliphatic carbocycles. The van der Waals surface area contributed by atoms with Crippen molar-refractivity contribution in [2.24, 2.45) is 0 Å². The van der Waals surface area contributed by atoms with Gasteiger partial charge in [0.2, 0.25) is 0 Å². The Morgan fingerprint density at radius 2 is 1.79 bits per heavy atom. The maximum absolute atomic E-state index is 13.8. The molecule has 0 aliphatic heterocycles. The van der Waals surface area contributed by atoms with Crippen LogP contribution in [0.5, 0.6) is 0 Å². The SMILES string of the molecule is Fc1cc(Cl)cc2c(Nc3ccncc3)cncc12. The van der Waals surface area contributed by atoms with E-state index in [-0.39, 0.29) is 5.82 Å². The lowest BCUT2D eigenvalue weighted by molar-refractivity contribution is 0.639. The van der Waals surface area contributed by atoms with Crippen molar-refractivity contribution in [1.29, 1.82) is 0 Å². The molecule has 94 valence electrons. The number of anilines is 2. The van der Waals surface area contributed by atoms with E-state index in [9.17, 15) is 4.39 Å². The topological polar surface area (TPSA) is 37.8 Å². The van der Waals surface area contributed by atoms with Crippen LogP contribution in [0.25, 0.3) is 10.8 Å². The summed E-state index contributed by atoms with van der Waals surface area (Å²) < 4.78 is 13.8. The van der Waals surface area contributed by atoms with Gasteiger partial charge in [0.1, 0.15) is 5.82 Å². The standard InChI is InChI=1S/C14H9ClFN3/c15-9-5-11-12(13(16)6-9)7-18-8-14(11)19-10-1-3-17-4-2-10/h1-8H,(H,17,19). The highest BCUT2D eigenvalue weighted by atomic mass is 35.5. The zero-order valence-electron chi connectivity index (χ0n) is 9.77. The summed E-state index contributed by atoms with van der Waals surface area (Å²) in [6.45, 7) is 0. The van der Waals surface area contributed by atoms with Gasteiger partial charge in [-0.05, 0) is 24.3 Å². The number of hydrogen-bond donors (Lipinski definition) is 1. The van der Waals surface area contributed by atoms with E-state index >= 15 is 0 Å². The third-order valence-corrected chi connectivity index (χ3v) is 2.97. The van der Waals surface area contributed by atoms with Crippen LogP contribution in [0.15, 0.2) is 49.1 Å². The zero-order valence-corrected chi connectivity index (χ0v) is 10.5. The Labute approximate surface area is 114 Å². The van der Waals surface area contributed by atoms with E-state index in [1.807, 2.05) is 12.1 Å². The number of nitrogens with one attached hydrogen (secondary N) is 1. The quantitative estimate of drug-likeness (QED) is 0.762. The lowest BCUT2D eigenvalue weighted by Crippen LogP contribution is -1.94. The molecule has 2 heterocycles. The molecule has 0 bridgehead atoms. The molecule has 2 aromatic heterocycles. The van der Waals surface area contributed by atoms with Crippen LogP contribution in [0.2, 0.25) is 5.02 Å². The van der Waals surface area contributed by atoms with Crippen LogP contribution in [-0.2, 0) is 0 Å². The van der Waals surface area contributed by atoms with Crippen LogP contribution in [0.4, 0.5) is 15.8 Å². The molecule has 5 heteroatoms. The molecule has 1 N–H and O–H groups in total. The number of rotatable bonds is 2. The molecule has 19 heavy (non-hydrogen) atoms. The van der Waals surface area contributed by atoms with Crippen LogP contribution in [0, 0.1) is 5.82 Å². The van der Waals surface area contributed by atoms with Gasteiger partial charge in [0.05, 0.1) is 11.9 Å². The summed E-state index contributed by atoms with van der Waals surface area (Å²) >= 11 is 5.90. The van der Waals surface area contributed by atoms with Gasteiger partial charge in [-0.1, -0.05) is 11.6 Å². The smallest absolute Gasteiger partial charge is 0.134 e. The molecule has 0 aliphatic rings. The van der Waals surface area contributed by atoms with Gasteiger partial charge in [0, 0.05) is 40.1 Å². The number of benzene rings is 1. The summed E-state index contributed by atoms with van der Waals surface area (Å²) in [6.07, 6.45) is 6.47. The molecule has 3 rings (SSSR count). The highest BCUT2D eigenvalue weighted by Crippen LogP contribution is 2.29. The fraction of sp³-hybridized carbons (Fsp3) is 0. The van der Waals surface area contributed by atoms with Gasteiger partial charge in [-0.2, -0.15) is 0 Å². The van der Waals surface area contributed by atoms with Crippen molar-refractivity contribution in [1.82, 2.24) is 9.97 Å². The third kappa shape index (κ3) is 2.35. The van der Waals surface area contributed by atoms with E-state index in [0.717, 1.165) is 5.69 Å². The first-order chi connectivity index (χ1) is 9.24. The molecule has 0 unspecified atom stereocenters. The van der Waals surface area contributed by atoms with Crippen LogP contribution in [0.3, 0.4) is 0 Å². The van der Waals surface area contributed by atoms with E-state index in [1.165, 1.54) is 12.3 Å². The number of fused-ring (bicyclic) bond motifs is 1. The Hall–Kier alpha value is -2.20. The van der Waals surface area contributed by atoms with Crippen LogP contribution < -0.4 is 5.32 Å². The lowest BCUT2D eigenvalue weighted by Gasteiger charge is -2.09. The number of halogens is 2. The zero-order chi connectivity index (χ0) is 13.2. The summed E-state index contributed by atoms with van der Waals surface area (Å²) in [7, 11) is 0. The van der Waals surface area contributed by atoms with Gasteiger partial charge in [-0.3, -0.25) is 9.97 Å². The molecule has 3 nitrogen and oxygen atoms in total. The highest BCUT2D eigenvalue weighted by Gasteiger charge is 2.07. The first kappa shape index (κ1) is 11.9. The third-order valence-electron chi connectivity index (χ3n) is 2.75. The molecule has 1 aromatic carbocycles. The predicted octanol–water partition coefficient (Wildman–Crippen LogP) is 4.17. The monoisotopic (exact) mass is 273 g/mol. The molecular weight excluding hydrogens is 265 g/mol. The van der Waals surface area contributed by atoms with Crippen molar-refractivity contribution in [3.63, 3.8) is 0 Å². The van der Waals surface area contributed by atoms with Crippen LogP contribution >= 0.6 is 11.6 Å². The molecule has 0 radical (unpaired) electrons. The number of pyridine rings is 2. The first-order valence-corrected chi connectivity index (χ1v) is 6.01. The summed E-state index contributed by atoms with van der Waals surface area (Å²) in [5.41, 5.74) is 1.55. The average molecular weight is 274 g/mol. The minimum Gasteiger partial charge on any atom is -0.354 e. The molecule has 3 aromatic rings. The minimum absolute atomic E-state index is 0.356. The molecule has 0 fully saturated rings. The second-order valence-electron chi connectivity index (χ2n) is 4.03. The van der Waals surface area contributed by atoms with Gasteiger partial charge >= 0.3 is 0 Å². The lowest BCUT2D eigenvalue weighted by atomic mass is 10.1. The van der Waals surface area contributed by atoms with E-state index in [1.54, 1.807) is 24.7 Å². The van der Waals surface area contributed by atoms with Crippen molar-refractivity contribution >= 4 is 33.7 Å². The van der Waals surface area contributed by atoms with Crippen molar-refractivity contribution in [2.45, 2.75) is 0 Å². The van der Waals surface area contributed by atoms with Gasteiger partial charge in [-0.15, -0.1) is 0 Å². The minimum atomic E-state index is -0.381. The van der Waals surface area contributed by atoms with Crippen molar-refractivity contribution in [3.8, 4) is 0 Å². The van der Waals surface area contributed by atoms with Crippen LogP contribution in [-0.4, -0.2) is 9.97 Å². The first-order valence-electron chi connectivity index (χ1n) is 5.64. The molecule has 0 saturated heterocycles. The summed E-state index contributed by atoms with van der Waals surface area (Å²) in [4.78, 5) is 7.98. The van der Waals surface area contributed by atoms with E-state index in [0.29, 0.717) is 21.5 Å². The van der Waals surface area contributed by atoms with Crippen LogP contribution in [0.1, 0.15) is 0 Å². The van der Waals surface area contributed by atoms with Gasteiger partial charge in [-0.25, -0.2) is 4.39 Å². The Kier molecular flexibility index (Phi) is 3.01. The number of hydrogen-bond acceptors (Lipinski definition) is 3. The Morgan fingerprint density at radius 1 is 1.00 bits per heavy atom. The maximum atomic E-state index is 13.8. The Morgan fingerprint density at radius 3 is 2.58 bits per heavy atom. The number of nitrogens with zero attached hydrogens (tertiary/aromatic N) is 2. The second kappa shape index (κ2) is 4.82. The molecule has 0 saturated carbocycles. The van der Waals surface area contributed by atoms with E-state index in [4.69, 9.17) is 11.6 Å². The van der Waals surface area contributed by atoms with Crippen molar-refractivity contribution < 1.29 is 4.39 Å². The molecule has 0 atom stereocenters. The van der Waals surface area contributed by atoms with Gasteiger partial charge < -0.3 is 5.32 Å². The van der Waals surface area contributed by atoms with Gasteiger partial charge in [0.15, 0.2) is 0 Å². The van der Waals surface area contributed by atoms with Crippen molar-refractivity contribution in [2.75, 3.05) is 5.32 Å². The number of aromatic nitrogens is 2. The summed E-state index contributed by atoms with van der Waals surface area (Å²) in [6, 6.07) is 6.63. The highest BCUT2D eigenvalue weighted by molar-refractivity contribution is 6.31. The maximum Gasteiger partial charge on any atom is 0.134 e. The fourth-order valence-electron chi connectivity index (χ4n) is 1.89. The van der Waals surface area contributed by atoms with Gasteiger partial charge in [0.25, 0.3) is 0 Å². The van der Waals surface area contributed by atoms with Crippen molar-refractivity contribution in [3.05, 3.63) is 59.9 Å². The molecule has 0 spiro atoms. The average Bonchev–Trinajstić information content (AvgIpc) is 2.41. The largest absolute Gasteiger partial charge is 0.354 e. The Balaban J connectivity index is 2.14. The second-order valence-corrected chi connectivity index (χ2v) is 4.47. The molecule has 0 amide bonds. The molecular formula is C14H9ClFN3. The normalized spacial score (nSPS) is 10.6. The van der Waals surface area contributed by atoms with E-state index < -0.39 is 0 Å². The summed E-state index contributed by atoms with van der Waals surface area (Å²) in [5.74, 6) is -0.381. The summed E-state index contributed by atoms with van der Waals surface area (Å²) in [5, 5.41) is 4.65. The Bertz CT molecular complexity index is 731. The predicted molar refractivity (Wildman–Crippen MR) is 74.2 cm³/mol.